The van der Waals surface area contributed by atoms with E-state index in [-0.39, 0.29) is 11.3 Å². The first-order valence-electron chi connectivity index (χ1n) is 5.68. The van der Waals surface area contributed by atoms with Crippen LogP contribution in [0.5, 0.6) is 0 Å². The standard InChI is InChI=1S/C13H12N2O3S/c1-2-9-7(11(16)10-4-3-5-19-10)6-8(12(14)17)13(18)15-9/h3-6H,2H2,1H3,(H2,14,17)(H,15,18). The molecule has 0 fully saturated rings. The minimum atomic E-state index is -0.843. The van der Waals surface area contributed by atoms with Crippen LogP contribution in [0.3, 0.4) is 0 Å². The highest BCUT2D eigenvalue weighted by molar-refractivity contribution is 7.12. The molecule has 2 aromatic heterocycles. The Hall–Kier alpha value is -2.21. The van der Waals surface area contributed by atoms with E-state index in [1.165, 1.54) is 17.4 Å². The van der Waals surface area contributed by atoms with Crippen molar-refractivity contribution in [2.75, 3.05) is 0 Å². The van der Waals surface area contributed by atoms with E-state index in [1.807, 2.05) is 6.92 Å². The highest BCUT2D eigenvalue weighted by atomic mass is 32.1. The molecule has 5 nitrogen and oxygen atoms in total. The number of aromatic nitrogens is 1. The van der Waals surface area contributed by atoms with Crippen LogP contribution in [0.25, 0.3) is 0 Å². The molecule has 0 aliphatic carbocycles. The lowest BCUT2D eigenvalue weighted by atomic mass is 10.0. The highest BCUT2D eigenvalue weighted by Crippen LogP contribution is 2.17. The summed E-state index contributed by atoms with van der Waals surface area (Å²) in [6, 6.07) is 4.74. The predicted molar refractivity (Wildman–Crippen MR) is 72.7 cm³/mol. The minimum absolute atomic E-state index is 0.197. The lowest BCUT2D eigenvalue weighted by Crippen LogP contribution is -2.26. The van der Waals surface area contributed by atoms with E-state index in [1.54, 1.807) is 17.5 Å². The summed E-state index contributed by atoms with van der Waals surface area (Å²) in [5.74, 6) is -1.06. The fourth-order valence-corrected chi connectivity index (χ4v) is 2.45. The van der Waals surface area contributed by atoms with E-state index < -0.39 is 11.5 Å². The molecule has 0 saturated heterocycles. The van der Waals surface area contributed by atoms with Gasteiger partial charge in [0.25, 0.3) is 11.5 Å². The van der Waals surface area contributed by atoms with Crippen molar-refractivity contribution in [2.24, 2.45) is 5.73 Å². The van der Waals surface area contributed by atoms with Gasteiger partial charge in [-0.1, -0.05) is 13.0 Å². The number of rotatable bonds is 4. The van der Waals surface area contributed by atoms with E-state index in [0.717, 1.165) is 0 Å². The van der Waals surface area contributed by atoms with Gasteiger partial charge in [0.15, 0.2) is 0 Å². The van der Waals surface area contributed by atoms with E-state index in [9.17, 15) is 14.4 Å². The van der Waals surface area contributed by atoms with Crippen molar-refractivity contribution in [3.8, 4) is 0 Å². The SMILES string of the molecule is CCc1[nH]c(=O)c(C(N)=O)cc1C(=O)c1cccs1. The number of amides is 1. The lowest BCUT2D eigenvalue weighted by molar-refractivity contribution is 0.0999. The largest absolute Gasteiger partial charge is 0.365 e. The van der Waals surface area contributed by atoms with Gasteiger partial charge >= 0.3 is 0 Å². The molecular weight excluding hydrogens is 264 g/mol. The number of hydrogen-bond donors (Lipinski definition) is 2. The van der Waals surface area contributed by atoms with Crippen LogP contribution in [-0.4, -0.2) is 16.7 Å². The number of aryl methyl sites for hydroxylation is 1. The van der Waals surface area contributed by atoms with Crippen LogP contribution < -0.4 is 11.3 Å². The second kappa shape index (κ2) is 5.19. The molecule has 2 heterocycles. The Morgan fingerprint density at radius 2 is 2.11 bits per heavy atom. The number of nitrogens with one attached hydrogen (secondary N) is 1. The van der Waals surface area contributed by atoms with E-state index in [4.69, 9.17) is 5.73 Å². The first-order valence-corrected chi connectivity index (χ1v) is 6.56. The molecule has 0 aliphatic heterocycles. The molecule has 2 aromatic rings. The van der Waals surface area contributed by atoms with Crippen LogP contribution in [-0.2, 0) is 6.42 Å². The smallest absolute Gasteiger partial charge is 0.261 e. The fraction of sp³-hybridized carbons (Fsp3) is 0.154. The molecule has 0 unspecified atom stereocenters. The number of primary amides is 1. The first-order chi connectivity index (χ1) is 9.04. The lowest BCUT2D eigenvalue weighted by Gasteiger charge is -2.07. The second-order valence-electron chi connectivity index (χ2n) is 3.93. The van der Waals surface area contributed by atoms with Gasteiger partial charge < -0.3 is 10.7 Å². The summed E-state index contributed by atoms with van der Waals surface area (Å²) >= 11 is 1.31. The number of thiophene rings is 1. The van der Waals surface area contributed by atoms with Crippen LogP contribution in [0.2, 0.25) is 0 Å². The molecule has 0 saturated carbocycles. The molecule has 3 N–H and O–H groups in total. The number of ketones is 1. The molecule has 98 valence electrons. The second-order valence-corrected chi connectivity index (χ2v) is 4.88. The van der Waals surface area contributed by atoms with Gasteiger partial charge in [0.05, 0.1) is 4.88 Å². The summed E-state index contributed by atoms with van der Waals surface area (Å²) in [5, 5.41) is 1.79. The summed E-state index contributed by atoms with van der Waals surface area (Å²) in [7, 11) is 0. The van der Waals surface area contributed by atoms with Crippen LogP contribution in [0, 0.1) is 0 Å². The molecule has 1 amide bonds. The van der Waals surface area contributed by atoms with Crippen LogP contribution in [0.15, 0.2) is 28.4 Å². The van der Waals surface area contributed by atoms with Crippen molar-refractivity contribution in [2.45, 2.75) is 13.3 Å². The molecule has 0 aliphatic rings. The van der Waals surface area contributed by atoms with Crippen molar-refractivity contribution in [3.05, 3.63) is 55.6 Å². The average Bonchev–Trinajstić information content (AvgIpc) is 2.90. The van der Waals surface area contributed by atoms with Crippen molar-refractivity contribution in [3.63, 3.8) is 0 Å². The van der Waals surface area contributed by atoms with Gasteiger partial charge in [0.2, 0.25) is 5.78 Å². The van der Waals surface area contributed by atoms with E-state index in [2.05, 4.69) is 4.98 Å². The number of H-pyrrole nitrogens is 1. The molecule has 2 rings (SSSR count). The van der Waals surface area contributed by atoms with Gasteiger partial charge in [-0.15, -0.1) is 11.3 Å². The van der Waals surface area contributed by atoms with Crippen LogP contribution >= 0.6 is 11.3 Å². The molecule has 0 bridgehead atoms. The van der Waals surface area contributed by atoms with Crippen molar-refractivity contribution in [1.29, 1.82) is 0 Å². The number of nitrogens with two attached hydrogens (primary N) is 1. The number of pyridine rings is 1. The van der Waals surface area contributed by atoms with Gasteiger partial charge in [0.1, 0.15) is 5.56 Å². The van der Waals surface area contributed by atoms with Crippen molar-refractivity contribution >= 4 is 23.0 Å². The Balaban J connectivity index is 2.61. The topological polar surface area (TPSA) is 93.0 Å². The average molecular weight is 276 g/mol. The summed E-state index contributed by atoms with van der Waals surface area (Å²) in [6.07, 6.45) is 0.487. The summed E-state index contributed by atoms with van der Waals surface area (Å²) in [5.41, 5.74) is 5.19. The Morgan fingerprint density at radius 1 is 1.37 bits per heavy atom. The number of carbonyl (C=O) groups is 2. The quantitative estimate of drug-likeness (QED) is 0.825. The number of carbonyl (C=O) groups excluding carboxylic acids is 2. The Labute approximate surface area is 113 Å². The third kappa shape index (κ3) is 2.48. The fourth-order valence-electron chi connectivity index (χ4n) is 1.77. The summed E-state index contributed by atoms with van der Waals surface area (Å²) in [4.78, 5) is 38.2. The number of aromatic amines is 1. The van der Waals surface area contributed by atoms with Gasteiger partial charge in [-0.25, -0.2) is 0 Å². The maximum Gasteiger partial charge on any atom is 0.261 e. The van der Waals surface area contributed by atoms with Gasteiger partial charge in [-0.3, -0.25) is 14.4 Å². The Bertz CT molecular complexity index is 686. The normalized spacial score (nSPS) is 10.4. The van der Waals surface area contributed by atoms with Crippen molar-refractivity contribution < 1.29 is 9.59 Å². The first kappa shape index (κ1) is 13.2. The molecule has 19 heavy (non-hydrogen) atoms. The van der Waals surface area contributed by atoms with E-state index in [0.29, 0.717) is 22.6 Å². The molecule has 6 heteroatoms. The Kier molecular flexibility index (Phi) is 3.62. The third-order valence-corrected chi connectivity index (χ3v) is 3.60. The maximum absolute atomic E-state index is 12.3. The minimum Gasteiger partial charge on any atom is -0.365 e. The zero-order valence-corrected chi connectivity index (χ0v) is 11.0. The highest BCUT2D eigenvalue weighted by Gasteiger charge is 2.18. The molecule has 0 radical (unpaired) electrons. The van der Waals surface area contributed by atoms with Gasteiger partial charge in [-0.05, 0) is 23.9 Å². The van der Waals surface area contributed by atoms with E-state index >= 15 is 0 Å². The molecule has 0 spiro atoms. The summed E-state index contributed by atoms with van der Waals surface area (Å²) < 4.78 is 0. The van der Waals surface area contributed by atoms with Gasteiger partial charge in [0, 0.05) is 11.3 Å². The number of hydrogen-bond acceptors (Lipinski definition) is 4. The monoisotopic (exact) mass is 276 g/mol. The predicted octanol–water partition coefficient (Wildman–Crippen LogP) is 1.33. The zero-order chi connectivity index (χ0) is 14.0. The maximum atomic E-state index is 12.3. The molecular formula is C13H12N2O3S. The van der Waals surface area contributed by atoms with Crippen LogP contribution in [0.1, 0.15) is 38.2 Å². The molecule has 0 aromatic carbocycles. The van der Waals surface area contributed by atoms with Crippen molar-refractivity contribution in [1.82, 2.24) is 4.98 Å². The molecule has 0 atom stereocenters. The van der Waals surface area contributed by atoms with Gasteiger partial charge in [-0.2, -0.15) is 0 Å². The van der Waals surface area contributed by atoms with Crippen LogP contribution in [0.4, 0.5) is 0 Å². The summed E-state index contributed by atoms with van der Waals surface area (Å²) in [6.45, 7) is 1.82. The third-order valence-electron chi connectivity index (χ3n) is 2.73. The zero-order valence-electron chi connectivity index (χ0n) is 10.2. The Morgan fingerprint density at radius 3 is 2.63 bits per heavy atom.